The second-order valence-electron chi connectivity index (χ2n) is 4.66. The van der Waals surface area contributed by atoms with Crippen LogP contribution in [0.4, 0.5) is 5.82 Å². The number of anilines is 1. The molecular formula is C14H13BrN4OS. The smallest absolute Gasteiger partial charge is 0.144 e. The van der Waals surface area contributed by atoms with Crippen molar-refractivity contribution in [1.82, 2.24) is 9.97 Å². The number of rotatable bonds is 4. The summed E-state index contributed by atoms with van der Waals surface area (Å²) in [6.07, 6.45) is 4.13. The summed E-state index contributed by atoms with van der Waals surface area (Å²) in [4.78, 5) is 8.63. The zero-order valence-electron chi connectivity index (χ0n) is 11.1. The fourth-order valence-electron chi connectivity index (χ4n) is 2.21. The maximum atomic E-state index is 5.69. The molecule has 0 unspecified atom stereocenters. The number of hydrogen-bond donors (Lipinski definition) is 2. The molecule has 2 aromatic rings. The van der Waals surface area contributed by atoms with E-state index in [1.54, 1.807) is 12.4 Å². The Bertz CT molecular complexity index is 690. The summed E-state index contributed by atoms with van der Waals surface area (Å²) >= 11 is 8.38. The first-order valence-electron chi connectivity index (χ1n) is 6.43. The Balaban J connectivity index is 1.75. The van der Waals surface area contributed by atoms with Crippen LogP contribution in [0.2, 0.25) is 0 Å². The van der Waals surface area contributed by atoms with E-state index in [9.17, 15) is 0 Å². The van der Waals surface area contributed by atoms with Crippen LogP contribution in [-0.2, 0) is 13.0 Å². The first-order chi connectivity index (χ1) is 10.1. The van der Waals surface area contributed by atoms with Gasteiger partial charge in [0.15, 0.2) is 0 Å². The second-order valence-corrected chi connectivity index (χ2v) is 6.01. The normalized spacial score (nSPS) is 12.6. The van der Waals surface area contributed by atoms with E-state index in [1.807, 2.05) is 6.07 Å². The van der Waals surface area contributed by atoms with Crippen LogP contribution in [0.25, 0.3) is 0 Å². The molecule has 0 aliphatic carbocycles. The molecule has 1 aromatic carbocycles. The maximum absolute atomic E-state index is 5.69. The van der Waals surface area contributed by atoms with Gasteiger partial charge in [-0.25, -0.2) is 9.97 Å². The van der Waals surface area contributed by atoms with Crippen LogP contribution in [0.3, 0.4) is 0 Å². The van der Waals surface area contributed by atoms with Crippen molar-refractivity contribution in [3.05, 3.63) is 45.8 Å². The molecule has 1 aliphatic rings. The number of hydrogen-bond acceptors (Lipinski definition) is 5. The van der Waals surface area contributed by atoms with Gasteiger partial charge in [0.2, 0.25) is 0 Å². The topological polar surface area (TPSA) is 73.1 Å². The standard InChI is InChI=1S/C14H13BrN4OS/c15-10-3-8-1-2-20-13(8)9(4-10)5-18-12-7-17-11(6-19-12)14(16)21/h3-4,6-7H,1-2,5H2,(H2,16,21)(H,18,19). The van der Waals surface area contributed by atoms with Gasteiger partial charge < -0.3 is 15.8 Å². The third-order valence-corrected chi connectivity index (χ3v) is 3.86. The molecule has 21 heavy (non-hydrogen) atoms. The molecule has 1 aliphatic heterocycles. The van der Waals surface area contributed by atoms with Crippen molar-refractivity contribution in [1.29, 1.82) is 0 Å². The molecule has 0 fully saturated rings. The number of aromatic nitrogens is 2. The predicted octanol–water partition coefficient (Wildman–Crippen LogP) is 2.42. The van der Waals surface area contributed by atoms with E-state index in [-0.39, 0.29) is 4.99 Å². The third kappa shape index (κ3) is 3.14. The summed E-state index contributed by atoms with van der Waals surface area (Å²) < 4.78 is 6.75. The monoisotopic (exact) mass is 364 g/mol. The molecule has 2 heterocycles. The van der Waals surface area contributed by atoms with Gasteiger partial charge in [0.1, 0.15) is 22.2 Å². The number of nitrogens with zero attached hydrogens (tertiary/aromatic N) is 2. The maximum Gasteiger partial charge on any atom is 0.144 e. The van der Waals surface area contributed by atoms with E-state index in [0.29, 0.717) is 18.1 Å². The summed E-state index contributed by atoms with van der Waals surface area (Å²) in [6, 6.07) is 4.15. The van der Waals surface area contributed by atoms with E-state index in [4.69, 9.17) is 22.7 Å². The first-order valence-corrected chi connectivity index (χ1v) is 7.63. The number of halogens is 1. The molecular weight excluding hydrogens is 352 g/mol. The minimum atomic E-state index is 0.243. The van der Waals surface area contributed by atoms with Crippen molar-refractivity contribution in [2.24, 2.45) is 5.73 Å². The van der Waals surface area contributed by atoms with E-state index in [1.165, 1.54) is 5.56 Å². The lowest BCUT2D eigenvalue weighted by Crippen LogP contribution is -2.12. The number of nitrogens with one attached hydrogen (secondary N) is 1. The Morgan fingerprint density at radius 2 is 2.24 bits per heavy atom. The average Bonchev–Trinajstić information content (AvgIpc) is 2.93. The van der Waals surface area contributed by atoms with Crippen LogP contribution in [0, 0.1) is 0 Å². The summed E-state index contributed by atoms with van der Waals surface area (Å²) in [7, 11) is 0. The van der Waals surface area contributed by atoms with Crippen molar-refractivity contribution >= 4 is 39.0 Å². The summed E-state index contributed by atoms with van der Waals surface area (Å²) in [6.45, 7) is 1.35. The Labute approximate surface area is 136 Å². The second kappa shape index (κ2) is 5.95. The quantitative estimate of drug-likeness (QED) is 0.811. The zero-order chi connectivity index (χ0) is 14.8. The molecule has 0 radical (unpaired) electrons. The van der Waals surface area contributed by atoms with Gasteiger partial charge in [-0.3, -0.25) is 0 Å². The van der Waals surface area contributed by atoms with Gasteiger partial charge in [-0.1, -0.05) is 28.1 Å². The molecule has 7 heteroatoms. The van der Waals surface area contributed by atoms with Crippen LogP contribution >= 0.6 is 28.1 Å². The minimum absolute atomic E-state index is 0.243. The zero-order valence-corrected chi connectivity index (χ0v) is 13.5. The van der Waals surface area contributed by atoms with E-state index >= 15 is 0 Å². The molecule has 108 valence electrons. The van der Waals surface area contributed by atoms with Crippen molar-refractivity contribution in [3.63, 3.8) is 0 Å². The lowest BCUT2D eigenvalue weighted by atomic mass is 10.1. The number of benzene rings is 1. The Morgan fingerprint density at radius 1 is 1.38 bits per heavy atom. The lowest BCUT2D eigenvalue weighted by molar-refractivity contribution is 0.354. The molecule has 3 rings (SSSR count). The largest absolute Gasteiger partial charge is 0.493 e. The van der Waals surface area contributed by atoms with E-state index < -0.39 is 0 Å². The number of nitrogens with two attached hydrogens (primary N) is 1. The van der Waals surface area contributed by atoms with Gasteiger partial charge in [0, 0.05) is 23.0 Å². The minimum Gasteiger partial charge on any atom is -0.493 e. The lowest BCUT2D eigenvalue weighted by Gasteiger charge is -2.10. The molecule has 5 nitrogen and oxygen atoms in total. The molecule has 0 atom stereocenters. The predicted molar refractivity (Wildman–Crippen MR) is 88.6 cm³/mol. The van der Waals surface area contributed by atoms with E-state index in [2.05, 4.69) is 37.3 Å². The highest BCUT2D eigenvalue weighted by Crippen LogP contribution is 2.33. The van der Waals surface area contributed by atoms with Crippen molar-refractivity contribution in [2.75, 3.05) is 11.9 Å². The van der Waals surface area contributed by atoms with Crippen LogP contribution < -0.4 is 15.8 Å². The van der Waals surface area contributed by atoms with Crippen LogP contribution in [0.15, 0.2) is 29.0 Å². The van der Waals surface area contributed by atoms with Crippen molar-refractivity contribution < 1.29 is 4.74 Å². The summed E-state index contributed by atoms with van der Waals surface area (Å²) in [5.74, 6) is 1.64. The Morgan fingerprint density at radius 3 is 2.95 bits per heavy atom. The van der Waals surface area contributed by atoms with Crippen LogP contribution in [0.1, 0.15) is 16.8 Å². The van der Waals surface area contributed by atoms with Gasteiger partial charge in [0.05, 0.1) is 19.0 Å². The highest BCUT2D eigenvalue weighted by atomic mass is 79.9. The SMILES string of the molecule is NC(=S)c1cnc(NCc2cc(Br)cc3c2OCC3)cn1. The summed E-state index contributed by atoms with van der Waals surface area (Å²) in [5, 5.41) is 3.23. The molecule has 0 amide bonds. The molecule has 1 aromatic heterocycles. The number of fused-ring (bicyclic) bond motifs is 1. The number of ether oxygens (including phenoxy) is 1. The highest BCUT2D eigenvalue weighted by molar-refractivity contribution is 9.10. The molecule has 0 saturated heterocycles. The fourth-order valence-corrected chi connectivity index (χ4v) is 2.87. The Hall–Kier alpha value is -1.73. The van der Waals surface area contributed by atoms with Crippen molar-refractivity contribution in [3.8, 4) is 5.75 Å². The van der Waals surface area contributed by atoms with Crippen LogP contribution in [-0.4, -0.2) is 21.6 Å². The van der Waals surface area contributed by atoms with E-state index in [0.717, 1.165) is 28.8 Å². The molecule has 0 spiro atoms. The molecule has 0 saturated carbocycles. The van der Waals surface area contributed by atoms with Gasteiger partial charge in [-0.15, -0.1) is 0 Å². The van der Waals surface area contributed by atoms with Crippen LogP contribution in [0.5, 0.6) is 5.75 Å². The average molecular weight is 365 g/mol. The highest BCUT2D eigenvalue weighted by Gasteiger charge is 2.17. The first kappa shape index (κ1) is 14.2. The van der Waals surface area contributed by atoms with Gasteiger partial charge in [0.25, 0.3) is 0 Å². The van der Waals surface area contributed by atoms with Crippen molar-refractivity contribution in [2.45, 2.75) is 13.0 Å². The molecule has 0 bridgehead atoms. The third-order valence-electron chi connectivity index (χ3n) is 3.19. The summed E-state index contributed by atoms with van der Waals surface area (Å²) in [5.41, 5.74) is 8.34. The number of thiocarbonyl (C=S) groups is 1. The molecule has 3 N–H and O–H groups in total. The van der Waals surface area contributed by atoms with Gasteiger partial charge in [-0.2, -0.15) is 0 Å². The fraction of sp³-hybridized carbons (Fsp3) is 0.214. The van der Waals surface area contributed by atoms with Gasteiger partial charge >= 0.3 is 0 Å². The van der Waals surface area contributed by atoms with Gasteiger partial charge in [-0.05, 0) is 17.7 Å². The Kier molecular flexibility index (Phi) is 4.03.